The fourth-order valence-corrected chi connectivity index (χ4v) is 4.12. The minimum absolute atomic E-state index is 0.352. The molecule has 0 amide bonds. The molecule has 0 aromatic rings. The van der Waals surface area contributed by atoms with Crippen LogP contribution >= 0.6 is 15.9 Å². The third-order valence-corrected chi connectivity index (χ3v) is 5.67. The van der Waals surface area contributed by atoms with Crippen LogP contribution < -0.4 is 0 Å². The average molecular weight is 319 g/mol. The minimum atomic E-state index is 0.352. The highest BCUT2D eigenvalue weighted by Gasteiger charge is 2.33. The standard InChI is InChI=1S/C15H27BrO2/c1-12-8-14(9-13(2)18-12)17-11-15(10-16)6-4-3-5-7-15/h12-14H,3-11H2,1-2H3. The molecule has 0 N–H and O–H groups in total. The molecule has 0 radical (unpaired) electrons. The van der Waals surface area contributed by atoms with Gasteiger partial charge in [-0.05, 0) is 39.5 Å². The van der Waals surface area contributed by atoms with Crippen molar-refractivity contribution < 1.29 is 9.47 Å². The minimum Gasteiger partial charge on any atom is -0.377 e. The Kier molecular flexibility index (Phi) is 5.52. The second-order valence-corrected chi connectivity index (χ2v) is 6.92. The topological polar surface area (TPSA) is 18.5 Å². The van der Waals surface area contributed by atoms with Crippen LogP contribution in [0.2, 0.25) is 0 Å². The molecule has 2 fully saturated rings. The van der Waals surface area contributed by atoms with Gasteiger partial charge in [0.1, 0.15) is 0 Å². The predicted octanol–water partition coefficient (Wildman–Crippen LogP) is 4.30. The summed E-state index contributed by atoms with van der Waals surface area (Å²) in [5, 5.41) is 1.09. The molecule has 0 spiro atoms. The first-order chi connectivity index (χ1) is 8.63. The molecular formula is C15H27BrO2. The molecule has 0 aromatic carbocycles. The third kappa shape index (κ3) is 3.94. The summed E-state index contributed by atoms with van der Waals surface area (Å²) in [5.41, 5.74) is 0.406. The fraction of sp³-hybridized carbons (Fsp3) is 1.00. The zero-order valence-corrected chi connectivity index (χ0v) is 13.4. The molecule has 2 rings (SSSR count). The van der Waals surface area contributed by atoms with Gasteiger partial charge in [-0.15, -0.1) is 0 Å². The Morgan fingerprint density at radius 2 is 1.72 bits per heavy atom. The van der Waals surface area contributed by atoms with Crippen molar-refractivity contribution >= 4 is 15.9 Å². The molecule has 1 heterocycles. The van der Waals surface area contributed by atoms with Crippen LogP contribution in [-0.2, 0) is 9.47 Å². The zero-order chi connectivity index (χ0) is 13.0. The quantitative estimate of drug-likeness (QED) is 0.719. The lowest BCUT2D eigenvalue weighted by molar-refractivity contribution is -0.116. The van der Waals surface area contributed by atoms with Gasteiger partial charge in [-0.2, -0.15) is 0 Å². The molecule has 2 atom stereocenters. The normalized spacial score (nSPS) is 36.5. The SMILES string of the molecule is CC1CC(OCC2(CBr)CCCCC2)CC(C)O1. The maximum Gasteiger partial charge on any atom is 0.0624 e. The number of hydrogen-bond acceptors (Lipinski definition) is 2. The molecule has 2 unspecified atom stereocenters. The van der Waals surface area contributed by atoms with Crippen LogP contribution in [0.5, 0.6) is 0 Å². The van der Waals surface area contributed by atoms with Crippen molar-refractivity contribution in [2.24, 2.45) is 5.41 Å². The van der Waals surface area contributed by atoms with Gasteiger partial charge in [-0.25, -0.2) is 0 Å². The largest absolute Gasteiger partial charge is 0.377 e. The zero-order valence-electron chi connectivity index (χ0n) is 11.8. The Bertz CT molecular complexity index is 241. The molecule has 1 aliphatic heterocycles. The van der Waals surface area contributed by atoms with Crippen molar-refractivity contribution in [3.8, 4) is 0 Å². The third-order valence-electron chi connectivity index (χ3n) is 4.48. The van der Waals surface area contributed by atoms with Crippen molar-refractivity contribution in [3.63, 3.8) is 0 Å². The first-order valence-corrected chi connectivity index (χ1v) is 8.59. The second kappa shape index (κ2) is 6.71. The Morgan fingerprint density at radius 3 is 2.28 bits per heavy atom. The summed E-state index contributed by atoms with van der Waals surface area (Å²) in [5.74, 6) is 0. The molecule has 1 saturated heterocycles. The lowest BCUT2D eigenvalue weighted by Crippen LogP contribution is -2.38. The van der Waals surface area contributed by atoms with Gasteiger partial charge in [0.05, 0.1) is 24.9 Å². The van der Waals surface area contributed by atoms with Crippen molar-refractivity contribution in [2.45, 2.75) is 77.1 Å². The fourth-order valence-electron chi connectivity index (χ4n) is 3.39. The van der Waals surface area contributed by atoms with Gasteiger partial charge in [-0.1, -0.05) is 35.2 Å². The van der Waals surface area contributed by atoms with Crippen molar-refractivity contribution in [3.05, 3.63) is 0 Å². The molecule has 18 heavy (non-hydrogen) atoms. The highest BCUT2D eigenvalue weighted by atomic mass is 79.9. The maximum absolute atomic E-state index is 6.25. The molecule has 1 saturated carbocycles. The number of rotatable bonds is 4. The van der Waals surface area contributed by atoms with Crippen molar-refractivity contribution in [2.75, 3.05) is 11.9 Å². The van der Waals surface area contributed by atoms with E-state index in [-0.39, 0.29) is 0 Å². The number of halogens is 1. The first kappa shape index (κ1) is 14.8. The Labute approximate surface area is 120 Å². The van der Waals surface area contributed by atoms with Gasteiger partial charge >= 0.3 is 0 Å². The first-order valence-electron chi connectivity index (χ1n) is 7.46. The molecule has 3 heteroatoms. The molecule has 106 valence electrons. The van der Waals surface area contributed by atoms with Crippen molar-refractivity contribution in [1.82, 2.24) is 0 Å². The summed E-state index contributed by atoms with van der Waals surface area (Å²) in [6.07, 6.45) is 10.0. The summed E-state index contributed by atoms with van der Waals surface area (Å²) in [6, 6.07) is 0. The van der Waals surface area contributed by atoms with Gasteiger partial charge in [0.25, 0.3) is 0 Å². The molecule has 0 bridgehead atoms. The van der Waals surface area contributed by atoms with Crippen LogP contribution in [0.3, 0.4) is 0 Å². The van der Waals surface area contributed by atoms with E-state index in [0.717, 1.165) is 24.8 Å². The number of alkyl halides is 1. The Morgan fingerprint density at radius 1 is 1.11 bits per heavy atom. The van der Waals surface area contributed by atoms with Crippen LogP contribution in [-0.4, -0.2) is 30.2 Å². The predicted molar refractivity (Wildman–Crippen MR) is 78.3 cm³/mol. The van der Waals surface area contributed by atoms with Gasteiger partial charge in [0, 0.05) is 10.7 Å². The average Bonchev–Trinajstić information content (AvgIpc) is 2.36. The maximum atomic E-state index is 6.25. The van der Waals surface area contributed by atoms with Crippen LogP contribution in [0.15, 0.2) is 0 Å². The molecule has 2 aliphatic rings. The Balaban J connectivity index is 1.82. The van der Waals surface area contributed by atoms with Crippen LogP contribution in [0.4, 0.5) is 0 Å². The Hall–Kier alpha value is 0.400. The number of hydrogen-bond donors (Lipinski definition) is 0. The molecular weight excluding hydrogens is 292 g/mol. The van der Waals surface area contributed by atoms with E-state index in [1.165, 1.54) is 32.1 Å². The van der Waals surface area contributed by atoms with Gasteiger partial charge in [0.15, 0.2) is 0 Å². The van der Waals surface area contributed by atoms with Gasteiger partial charge < -0.3 is 9.47 Å². The van der Waals surface area contributed by atoms with E-state index in [9.17, 15) is 0 Å². The van der Waals surface area contributed by atoms with E-state index in [4.69, 9.17) is 9.47 Å². The highest BCUT2D eigenvalue weighted by Crippen LogP contribution is 2.39. The summed E-state index contributed by atoms with van der Waals surface area (Å²) < 4.78 is 12.0. The van der Waals surface area contributed by atoms with E-state index < -0.39 is 0 Å². The second-order valence-electron chi connectivity index (χ2n) is 6.36. The van der Waals surface area contributed by atoms with Crippen LogP contribution in [0, 0.1) is 5.41 Å². The van der Waals surface area contributed by atoms with E-state index in [0.29, 0.717) is 23.7 Å². The van der Waals surface area contributed by atoms with Gasteiger partial charge in [0.2, 0.25) is 0 Å². The van der Waals surface area contributed by atoms with E-state index in [1.807, 2.05) is 0 Å². The lowest BCUT2D eigenvalue weighted by atomic mass is 9.76. The smallest absolute Gasteiger partial charge is 0.0624 e. The summed E-state index contributed by atoms with van der Waals surface area (Å²) in [7, 11) is 0. The van der Waals surface area contributed by atoms with E-state index >= 15 is 0 Å². The molecule has 1 aliphatic carbocycles. The summed E-state index contributed by atoms with van der Waals surface area (Å²) >= 11 is 3.71. The number of ether oxygens (including phenoxy) is 2. The van der Waals surface area contributed by atoms with Crippen LogP contribution in [0.1, 0.15) is 58.8 Å². The van der Waals surface area contributed by atoms with E-state index in [1.54, 1.807) is 0 Å². The monoisotopic (exact) mass is 318 g/mol. The molecule has 0 aromatic heterocycles. The van der Waals surface area contributed by atoms with Crippen molar-refractivity contribution in [1.29, 1.82) is 0 Å². The lowest BCUT2D eigenvalue weighted by Gasteiger charge is -2.38. The highest BCUT2D eigenvalue weighted by molar-refractivity contribution is 9.09. The summed E-state index contributed by atoms with van der Waals surface area (Å²) in [6.45, 7) is 5.25. The van der Waals surface area contributed by atoms with Gasteiger partial charge in [-0.3, -0.25) is 0 Å². The van der Waals surface area contributed by atoms with Crippen LogP contribution in [0.25, 0.3) is 0 Å². The summed E-state index contributed by atoms with van der Waals surface area (Å²) in [4.78, 5) is 0. The van der Waals surface area contributed by atoms with E-state index in [2.05, 4.69) is 29.8 Å². The molecule has 2 nitrogen and oxygen atoms in total.